The fourth-order valence-corrected chi connectivity index (χ4v) is 3.51. The van der Waals surface area contributed by atoms with Crippen LogP contribution in [0.5, 0.6) is 5.75 Å². The van der Waals surface area contributed by atoms with Crippen molar-refractivity contribution in [2.24, 2.45) is 5.92 Å². The molecule has 2 amide bonds. The summed E-state index contributed by atoms with van der Waals surface area (Å²) in [6, 6.07) is 17.0. The van der Waals surface area contributed by atoms with Crippen LogP contribution in [0.15, 0.2) is 60.3 Å². The van der Waals surface area contributed by atoms with Crippen LogP contribution in [0.2, 0.25) is 0 Å². The molecule has 1 aliphatic heterocycles. The summed E-state index contributed by atoms with van der Waals surface area (Å²) in [5.41, 5.74) is 2.41. The van der Waals surface area contributed by atoms with Crippen molar-refractivity contribution in [3.8, 4) is 5.75 Å². The molecule has 0 atom stereocenters. The maximum absolute atomic E-state index is 13.3. The molecule has 3 rings (SSSR count). The molecule has 0 saturated heterocycles. The molecule has 6 nitrogen and oxygen atoms in total. The van der Waals surface area contributed by atoms with E-state index < -0.39 is 0 Å². The van der Waals surface area contributed by atoms with Gasteiger partial charge in [-0.25, -0.2) is 0 Å². The summed E-state index contributed by atoms with van der Waals surface area (Å²) in [6.45, 7) is 5.22. The Morgan fingerprint density at radius 2 is 1.68 bits per heavy atom. The number of aliphatic hydroxyl groups excluding tert-OH is 1. The quantitative estimate of drug-likeness (QED) is 0.596. The minimum absolute atomic E-state index is 0.110. The molecule has 0 fully saturated rings. The van der Waals surface area contributed by atoms with Crippen LogP contribution in [0.25, 0.3) is 5.57 Å². The zero-order valence-electron chi connectivity index (χ0n) is 18.4. The van der Waals surface area contributed by atoms with Gasteiger partial charge >= 0.3 is 0 Å². The van der Waals surface area contributed by atoms with Gasteiger partial charge < -0.3 is 14.7 Å². The molecular formula is C25H30N2O4. The van der Waals surface area contributed by atoms with E-state index >= 15 is 0 Å². The number of nitrogens with zero attached hydrogens (tertiary/aromatic N) is 2. The standard InChI is InChI=1S/C25H30N2O4/c1-18(2)17-31-21-11-9-20(10-12-21)22-23(26(3)15-16-28)25(30)27(24(22)29)14-13-19-7-5-4-6-8-19/h4-12,18,28H,13-17H2,1-3H3. The predicted molar refractivity (Wildman–Crippen MR) is 120 cm³/mol. The summed E-state index contributed by atoms with van der Waals surface area (Å²) >= 11 is 0. The molecule has 164 valence electrons. The molecule has 0 aromatic heterocycles. The van der Waals surface area contributed by atoms with Gasteiger partial charge in [-0.3, -0.25) is 14.5 Å². The number of imide groups is 1. The lowest BCUT2D eigenvalue weighted by molar-refractivity contribution is -0.137. The highest BCUT2D eigenvalue weighted by Gasteiger charge is 2.40. The first kappa shape index (κ1) is 22.6. The number of ether oxygens (including phenoxy) is 1. The van der Waals surface area contributed by atoms with E-state index in [2.05, 4.69) is 13.8 Å². The minimum Gasteiger partial charge on any atom is -0.493 e. The first-order valence-electron chi connectivity index (χ1n) is 10.6. The molecule has 0 unspecified atom stereocenters. The summed E-state index contributed by atoms with van der Waals surface area (Å²) in [5, 5.41) is 9.37. The fourth-order valence-electron chi connectivity index (χ4n) is 3.51. The SMILES string of the molecule is CC(C)COc1ccc(C2=C(N(C)CCO)C(=O)N(CCc3ccccc3)C2=O)cc1. The van der Waals surface area contributed by atoms with Gasteiger partial charge in [-0.2, -0.15) is 0 Å². The van der Waals surface area contributed by atoms with Crippen LogP contribution in [-0.4, -0.2) is 60.1 Å². The number of hydrogen-bond acceptors (Lipinski definition) is 5. The van der Waals surface area contributed by atoms with Crippen molar-refractivity contribution in [1.29, 1.82) is 0 Å². The Kier molecular flexibility index (Phi) is 7.47. The lowest BCUT2D eigenvalue weighted by Gasteiger charge is -2.20. The highest BCUT2D eigenvalue weighted by atomic mass is 16.5. The number of carbonyl (C=O) groups is 2. The molecule has 0 radical (unpaired) electrons. The number of hydrogen-bond donors (Lipinski definition) is 1. The second-order valence-electron chi connectivity index (χ2n) is 8.10. The smallest absolute Gasteiger partial charge is 0.277 e. The summed E-state index contributed by atoms with van der Waals surface area (Å²) in [6.07, 6.45) is 0.588. The third-order valence-electron chi connectivity index (χ3n) is 5.15. The Labute approximate surface area is 183 Å². The molecule has 2 aromatic rings. The first-order chi connectivity index (χ1) is 14.9. The van der Waals surface area contributed by atoms with Crippen molar-refractivity contribution >= 4 is 17.4 Å². The molecule has 0 spiro atoms. The van der Waals surface area contributed by atoms with E-state index in [4.69, 9.17) is 4.74 Å². The highest BCUT2D eigenvalue weighted by molar-refractivity contribution is 6.35. The zero-order valence-corrected chi connectivity index (χ0v) is 18.4. The van der Waals surface area contributed by atoms with Gasteiger partial charge in [0.05, 0.1) is 18.8 Å². The van der Waals surface area contributed by atoms with Crippen LogP contribution in [0.4, 0.5) is 0 Å². The van der Waals surface area contributed by atoms with Crippen LogP contribution in [0.1, 0.15) is 25.0 Å². The van der Waals surface area contributed by atoms with Gasteiger partial charge in [-0.15, -0.1) is 0 Å². The van der Waals surface area contributed by atoms with Gasteiger partial charge in [0.2, 0.25) is 0 Å². The predicted octanol–water partition coefficient (Wildman–Crippen LogP) is 2.97. The molecule has 0 saturated carbocycles. The molecule has 2 aromatic carbocycles. The second kappa shape index (κ2) is 10.3. The third kappa shape index (κ3) is 5.33. The maximum atomic E-state index is 13.3. The van der Waals surface area contributed by atoms with Crippen LogP contribution in [-0.2, 0) is 16.0 Å². The summed E-state index contributed by atoms with van der Waals surface area (Å²) in [5.74, 6) is 0.498. The number of benzene rings is 2. The fraction of sp³-hybridized carbons (Fsp3) is 0.360. The molecule has 1 N–H and O–H groups in total. The van der Waals surface area contributed by atoms with Crippen molar-refractivity contribution in [3.63, 3.8) is 0 Å². The Hall–Kier alpha value is -3.12. The summed E-state index contributed by atoms with van der Waals surface area (Å²) < 4.78 is 5.73. The first-order valence-corrected chi connectivity index (χ1v) is 10.6. The molecule has 0 bridgehead atoms. The second-order valence-corrected chi connectivity index (χ2v) is 8.10. The Balaban J connectivity index is 1.86. The van der Waals surface area contributed by atoms with Crippen molar-refractivity contribution in [1.82, 2.24) is 9.80 Å². The van der Waals surface area contributed by atoms with Gasteiger partial charge in [-0.05, 0) is 35.6 Å². The van der Waals surface area contributed by atoms with Gasteiger partial charge in [0.15, 0.2) is 0 Å². The van der Waals surface area contributed by atoms with E-state index in [0.717, 1.165) is 11.3 Å². The maximum Gasteiger partial charge on any atom is 0.277 e. The Morgan fingerprint density at radius 3 is 2.29 bits per heavy atom. The number of aliphatic hydroxyl groups is 1. The monoisotopic (exact) mass is 422 g/mol. The van der Waals surface area contributed by atoms with E-state index in [-0.39, 0.29) is 25.0 Å². The molecule has 1 aliphatic rings. The van der Waals surface area contributed by atoms with E-state index in [0.29, 0.717) is 42.3 Å². The summed E-state index contributed by atoms with van der Waals surface area (Å²) in [7, 11) is 1.72. The lowest BCUT2D eigenvalue weighted by atomic mass is 10.0. The molecule has 6 heteroatoms. The molecular weight excluding hydrogens is 392 g/mol. The number of amides is 2. The van der Waals surface area contributed by atoms with E-state index in [1.807, 2.05) is 54.6 Å². The van der Waals surface area contributed by atoms with Crippen LogP contribution < -0.4 is 4.74 Å². The summed E-state index contributed by atoms with van der Waals surface area (Å²) in [4.78, 5) is 29.4. The van der Waals surface area contributed by atoms with Gasteiger partial charge in [0.25, 0.3) is 11.8 Å². The van der Waals surface area contributed by atoms with E-state index in [1.54, 1.807) is 11.9 Å². The Morgan fingerprint density at radius 1 is 1.00 bits per heavy atom. The van der Waals surface area contributed by atoms with Crippen LogP contribution in [0, 0.1) is 5.92 Å². The average molecular weight is 423 g/mol. The van der Waals surface area contributed by atoms with E-state index in [1.165, 1.54) is 4.90 Å². The Bertz CT molecular complexity index is 936. The van der Waals surface area contributed by atoms with E-state index in [9.17, 15) is 14.7 Å². The lowest BCUT2D eigenvalue weighted by Crippen LogP contribution is -2.36. The zero-order chi connectivity index (χ0) is 22.4. The van der Waals surface area contributed by atoms with Crippen LogP contribution >= 0.6 is 0 Å². The minimum atomic E-state index is -0.327. The number of rotatable bonds is 10. The van der Waals surface area contributed by atoms with Crippen LogP contribution in [0.3, 0.4) is 0 Å². The van der Waals surface area contributed by atoms with Crippen molar-refractivity contribution in [2.75, 3.05) is 33.4 Å². The average Bonchev–Trinajstić information content (AvgIpc) is 3.01. The normalized spacial score (nSPS) is 14.0. The third-order valence-corrected chi connectivity index (χ3v) is 5.15. The molecule has 1 heterocycles. The molecule has 31 heavy (non-hydrogen) atoms. The largest absolute Gasteiger partial charge is 0.493 e. The van der Waals surface area contributed by atoms with Crippen molar-refractivity contribution < 1.29 is 19.4 Å². The van der Waals surface area contributed by atoms with Gasteiger partial charge in [-0.1, -0.05) is 56.3 Å². The highest BCUT2D eigenvalue weighted by Crippen LogP contribution is 2.32. The number of carbonyl (C=O) groups excluding carboxylic acids is 2. The van der Waals surface area contributed by atoms with Gasteiger partial charge in [0, 0.05) is 20.1 Å². The van der Waals surface area contributed by atoms with Gasteiger partial charge in [0.1, 0.15) is 11.4 Å². The molecule has 0 aliphatic carbocycles. The topological polar surface area (TPSA) is 70.1 Å². The number of likely N-dealkylation sites (N-methyl/N-ethyl adjacent to an activating group) is 1. The van der Waals surface area contributed by atoms with Crippen molar-refractivity contribution in [3.05, 3.63) is 71.4 Å². The van der Waals surface area contributed by atoms with Crippen molar-refractivity contribution in [2.45, 2.75) is 20.3 Å².